The Morgan fingerprint density at radius 1 is 1.37 bits per heavy atom. The SMILES string of the molecule is CCC(C#N)S(=O)(=O)Nc1c(C)cccc1C(C)C. The van der Waals surface area contributed by atoms with E-state index < -0.39 is 15.3 Å². The zero-order chi connectivity index (χ0) is 14.6. The van der Waals surface area contributed by atoms with Gasteiger partial charge in [-0.1, -0.05) is 39.0 Å². The maximum Gasteiger partial charge on any atom is 0.249 e. The number of rotatable bonds is 5. The van der Waals surface area contributed by atoms with Gasteiger partial charge < -0.3 is 0 Å². The van der Waals surface area contributed by atoms with Gasteiger partial charge in [-0.2, -0.15) is 5.26 Å². The average molecular weight is 280 g/mol. The second kappa shape index (κ2) is 6.07. The van der Waals surface area contributed by atoms with E-state index in [1.807, 2.05) is 45.0 Å². The van der Waals surface area contributed by atoms with Crippen LogP contribution < -0.4 is 4.72 Å². The summed E-state index contributed by atoms with van der Waals surface area (Å²) in [6, 6.07) is 7.50. The Labute approximate surface area is 115 Å². The van der Waals surface area contributed by atoms with Crippen LogP contribution in [0.2, 0.25) is 0 Å². The first-order valence-corrected chi connectivity index (χ1v) is 7.88. The van der Waals surface area contributed by atoms with Gasteiger partial charge in [-0.15, -0.1) is 0 Å². The quantitative estimate of drug-likeness (QED) is 0.900. The summed E-state index contributed by atoms with van der Waals surface area (Å²) in [5.74, 6) is 0.208. The Morgan fingerprint density at radius 2 is 2.00 bits per heavy atom. The fourth-order valence-electron chi connectivity index (χ4n) is 1.90. The minimum Gasteiger partial charge on any atom is -0.282 e. The number of nitriles is 1. The van der Waals surface area contributed by atoms with Crippen molar-refractivity contribution in [3.8, 4) is 6.07 Å². The van der Waals surface area contributed by atoms with Crippen molar-refractivity contribution in [2.45, 2.75) is 45.3 Å². The van der Waals surface area contributed by atoms with Crippen molar-refractivity contribution < 1.29 is 8.42 Å². The number of hydrogen-bond donors (Lipinski definition) is 1. The third-order valence-corrected chi connectivity index (χ3v) is 4.74. The van der Waals surface area contributed by atoms with E-state index in [-0.39, 0.29) is 12.3 Å². The van der Waals surface area contributed by atoms with E-state index >= 15 is 0 Å². The van der Waals surface area contributed by atoms with Crippen molar-refractivity contribution >= 4 is 15.7 Å². The zero-order valence-electron chi connectivity index (χ0n) is 11.8. The van der Waals surface area contributed by atoms with Crippen molar-refractivity contribution in [3.05, 3.63) is 29.3 Å². The number of nitrogens with one attached hydrogen (secondary N) is 1. The maximum atomic E-state index is 12.2. The molecule has 1 unspecified atom stereocenters. The standard InChI is InChI=1S/C14H20N2O2S/c1-5-12(9-15)19(17,18)16-14-11(4)7-6-8-13(14)10(2)3/h6-8,10,12,16H,5H2,1-4H3. The summed E-state index contributed by atoms with van der Waals surface area (Å²) in [5, 5.41) is 7.90. The number of para-hydroxylation sites is 1. The van der Waals surface area contributed by atoms with E-state index in [2.05, 4.69) is 4.72 Å². The van der Waals surface area contributed by atoms with Crippen LogP contribution in [-0.4, -0.2) is 13.7 Å². The van der Waals surface area contributed by atoms with Crippen LogP contribution in [0.1, 0.15) is 44.2 Å². The van der Waals surface area contributed by atoms with Gasteiger partial charge in [0.25, 0.3) is 0 Å². The van der Waals surface area contributed by atoms with Gasteiger partial charge in [0.2, 0.25) is 10.0 Å². The molecule has 104 valence electrons. The Kier molecular flexibility index (Phi) is 4.96. The molecule has 0 heterocycles. The Bertz CT molecular complexity index is 586. The van der Waals surface area contributed by atoms with Crippen molar-refractivity contribution in [1.29, 1.82) is 5.26 Å². The molecule has 1 N–H and O–H groups in total. The smallest absolute Gasteiger partial charge is 0.249 e. The van der Waals surface area contributed by atoms with E-state index in [0.29, 0.717) is 5.69 Å². The molecule has 5 heteroatoms. The van der Waals surface area contributed by atoms with Crippen LogP contribution >= 0.6 is 0 Å². The van der Waals surface area contributed by atoms with Crippen LogP contribution in [0.4, 0.5) is 5.69 Å². The molecule has 0 saturated carbocycles. The summed E-state index contributed by atoms with van der Waals surface area (Å²) < 4.78 is 26.9. The van der Waals surface area contributed by atoms with E-state index in [1.54, 1.807) is 6.92 Å². The van der Waals surface area contributed by atoms with Gasteiger partial charge in [0.05, 0.1) is 11.8 Å². The van der Waals surface area contributed by atoms with Gasteiger partial charge >= 0.3 is 0 Å². The van der Waals surface area contributed by atoms with Crippen LogP contribution in [0, 0.1) is 18.3 Å². The lowest BCUT2D eigenvalue weighted by molar-refractivity contribution is 0.592. The molecule has 0 fully saturated rings. The number of benzene rings is 1. The molecule has 1 aromatic rings. The molecule has 0 amide bonds. The predicted molar refractivity (Wildman–Crippen MR) is 77.5 cm³/mol. The second-order valence-corrected chi connectivity index (χ2v) is 6.73. The van der Waals surface area contributed by atoms with Gasteiger partial charge in [-0.3, -0.25) is 4.72 Å². The highest BCUT2D eigenvalue weighted by atomic mass is 32.2. The van der Waals surface area contributed by atoms with E-state index in [9.17, 15) is 8.42 Å². The van der Waals surface area contributed by atoms with E-state index in [1.165, 1.54) is 0 Å². The molecule has 0 radical (unpaired) electrons. The van der Waals surface area contributed by atoms with Gasteiger partial charge in [0.1, 0.15) is 0 Å². The summed E-state index contributed by atoms with van der Waals surface area (Å²) in [6.45, 7) is 7.56. The predicted octanol–water partition coefficient (Wildman–Crippen LogP) is 3.16. The molecule has 0 bridgehead atoms. The summed E-state index contributed by atoms with van der Waals surface area (Å²) in [7, 11) is -3.67. The first kappa shape index (κ1) is 15.5. The van der Waals surface area contributed by atoms with Gasteiger partial charge in [-0.25, -0.2) is 8.42 Å². The molecule has 0 spiro atoms. The molecule has 0 saturated heterocycles. The minimum absolute atomic E-state index is 0.208. The Hall–Kier alpha value is -1.54. The largest absolute Gasteiger partial charge is 0.282 e. The van der Waals surface area contributed by atoms with E-state index in [0.717, 1.165) is 11.1 Å². The topological polar surface area (TPSA) is 70.0 Å². The summed E-state index contributed by atoms with van der Waals surface area (Å²) in [5.41, 5.74) is 2.41. The third kappa shape index (κ3) is 3.48. The lowest BCUT2D eigenvalue weighted by Gasteiger charge is -2.18. The molecule has 0 aliphatic rings. The van der Waals surface area contributed by atoms with E-state index in [4.69, 9.17) is 5.26 Å². The molecule has 0 aromatic heterocycles. The summed E-state index contributed by atoms with van der Waals surface area (Å²) in [4.78, 5) is 0. The fourth-order valence-corrected chi connectivity index (χ4v) is 3.19. The highest BCUT2D eigenvalue weighted by Gasteiger charge is 2.25. The lowest BCUT2D eigenvalue weighted by atomic mass is 9.99. The lowest BCUT2D eigenvalue weighted by Crippen LogP contribution is -2.27. The first-order chi connectivity index (χ1) is 8.83. The molecule has 1 atom stereocenters. The molecule has 0 aliphatic heterocycles. The van der Waals surface area contributed by atoms with Crippen LogP contribution in [-0.2, 0) is 10.0 Å². The van der Waals surface area contributed by atoms with Gasteiger partial charge in [0, 0.05) is 0 Å². The first-order valence-electron chi connectivity index (χ1n) is 6.34. The number of nitrogens with zero attached hydrogens (tertiary/aromatic N) is 1. The molecule has 0 aliphatic carbocycles. The number of anilines is 1. The molecule has 19 heavy (non-hydrogen) atoms. The Morgan fingerprint density at radius 3 is 2.47 bits per heavy atom. The third-order valence-electron chi connectivity index (χ3n) is 3.06. The highest BCUT2D eigenvalue weighted by Crippen LogP contribution is 2.29. The molecular formula is C14H20N2O2S. The van der Waals surface area contributed by atoms with Gasteiger partial charge in [0.15, 0.2) is 5.25 Å². The number of aryl methyl sites for hydroxylation is 1. The molecule has 4 nitrogen and oxygen atoms in total. The zero-order valence-corrected chi connectivity index (χ0v) is 12.6. The minimum atomic E-state index is -3.67. The maximum absolute atomic E-state index is 12.2. The molecule has 1 aromatic carbocycles. The van der Waals surface area contributed by atoms with Crippen molar-refractivity contribution in [2.24, 2.45) is 0 Å². The van der Waals surface area contributed by atoms with Crippen LogP contribution in [0.5, 0.6) is 0 Å². The summed E-state index contributed by atoms with van der Waals surface area (Å²) >= 11 is 0. The van der Waals surface area contributed by atoms with Crippen LogP contribution in [0.25, 0.3) is 0 Å². The van der Waals surface area contributed by atoms with Gasteiger partial charge in [-0.05, 0) is 30.4 Å². The number of sulfonamides is 1. The van der Waals surface area contributed by atoms with Crippen LogP contribution in [0.3, 0.4) is 0 Å². The average Bonchev–Trinajstić information content (AvgIpc) is 2.32. The van der Waals surface area contributed by atoms with Crippen molar-refractivity contribution in [2.75, 3.05) is 4.72 Å². The normalized spacial score (nSPS) is 13.1. The van der Waals surface area contributed by atoms with Crippen molar-refractivity contribution in [3.63, 3.8) is 0 Å². The molecular weight excluding hydrogens is 260 g/mol. The number of hydrogen-bond acceptors (Lipinski definition) is 3. The van der Waals surface area contributed by atoms with Crippen LogP contribution in [0.15, 0.2) is 18.2 Å². The van der Waals surface area contributed by atoms with Crippen molar-refractivity contribution in [1.82, 2.24) is 0 Å². The fraction of sp³-hybridized carbons (Fsp3) is 0.500. The monoisotopic (exact) mass is 280 g/mol. The second-order valence-electron chi connectivity index (χ2n) is 4.87. The summed E-state index contributed by atoms with van der Waals surface area (Å²) in [6.07, 6.45) is 0.273. The molecule has 1 rings (SSSR count). The highest BCUT2D eigenvalue weighted by molar-refractivity contribution is 7.93. The Balaban J connectivity index is 3.24.